The lowest BCUT2D eigenvalue weighted by Gasteiger charge is -2.18. The summed E-state index contributed by atoms with van der Waals surface area (Å²) in [6.45, 7) is 0. The van der Waals surface area contributed by atoms with E-state index >= 15 is 0 Å². The highest BCUT2D eigenvalue weighted by Gasteiger charge is 2.43. The van der Waals surface area contributed by atoms with Gasteiger partial charge in [0.2, 0.25) is 0 Å². The van der Waals surface area contributed by atoms with E-state index < -0.39 is 46.4 Å². The van der Waals surface area contributed by atoms with Crippen molar-refractivity contribution in [3.8, 4) is 5.75 Å². The van der Waals surface area contributed by atoms with Crippen LogP contribution >= 0.6 is 15.9 Å². The lowest BCUT2D eigenvalue weighted by atomic mass is 10.1. The van der Waals surface area contributed by atoms with Gasteiger partial charge in [-0.2, -0.15) is 13.2 Å². The summed E-state index contributed by atoms with van der Waals surface area (Å²) in [6, 6.07) is 0. The number of methoxy groups -OCH3 is 1. The maximum Gasteiger partial charge on any atom is 0.573 e. The molecule has 118 valence electrons. The molecule has 1 aromatic rings. The second-order valence-corrected chi connectivity index (χ2v) is 4.33. The molecule has 0 aliphatic rings. The summed E-state index contributed by atoms with van der Waals surface area (Å²) < 4.78 is 82.3. The average molecular weight is 382 g/mol. The number of halogens is 7. The van der Waals surface area contributed by atoms with Crippen LogP contribution in [0.2, 0.25) is 0 Å². The second kappa shape index (κ2) is 6.08. The first-order valence-corrected chi connectivity index (χ1v) is 5.82. The van der Waals surface area contributed by atoms with Crippen molar-refractivity contribution in [1.82, 2.24) is 4.98 Å². The van der Waals surface area contributed by atoms with E-state index in [0.29, 0.717) is 6.20 Å². The van der Waals surface area contributed by atoms with Gasteiger partial charge in [0.1, 0.15) is 10.2 Å². The molecule has 0 saturated carbocycles. The molecule has 4 nitrogen and oxygen atoms in total. The Morgan fingerprint density at radius 1 is 1.29 bits per heavy atom. The Morgan fingerprint density at radius 2 is 1.86 bits per heavy atom. The maximum atomic E-state index is 13.0. The average Bonchev–Trinajstić information content (AvgIpc) is 2.29. The molecule has 0 fully saturated rings. The smallest absolute Gasteiger partial charge is 0.469 e. The molecule has 0 amide bonds. The summed E-state index contributed by atoms with van der Waals surface area (Å²) in [4.78, 5) is 14.4. The minimum absolute atomic E-state index is 0.618. The van der Waals surface area contributed by atoms with Crippen molar-refractivity contribution in [2.45, 2.75) is 19.0 Å². The number of carbonyl (C=O) groups is 1. The molecule has 21 heavy (non-hydrogen) atoms. The Kier molecular flexibility index (Phi) is 5.07. The van der Waals surface area contributed by atoms with E-state index in [1.54, 1.807) is 0 Å². The topological polar surface area (TPSA) is 48.4 Å². The van der Waals surface area contributed by atoms with Crippen LogP contribution in [-0.4, -0.2) is 24.4 Å². The van der Waals surface area contributed by atoms with Gasteiger partial charge < -0.3 is 9.47 Å². The Morgan fingerprint density at radius 3 is 2.29 bits per heavy atom. The van der Waals surface area contributed by atoms with Crippen molar-refractivity contribution in [2.75, 3.05) is 7.11 Å². The summed E-state index contributed by atoms with van der Waals surface area (Å²) in [7, 11) is 0.926. The summed E-state index contributed by atoms with van der Waals surface area (Å²) >= 11 is 2.46. The number of pyridine rings is 1. The SMILES string of the molecule is COC(=O)Cc1cnc(Br)c(OC(F)(F)F)c1C(F)(F)F. The highest BCUT2D eigenvalue weighted by molar-refractivity contribution is 9.10. The van der Waals surface area contributed by atoms with Gasteiger partial charge >= 0.3 is 18.5 Å². The van der Waals surface area contributed by atoms with Crippen molar-refractivity contribution >= 4 is 21.9 Å². The van der Waals surface area contributed by atoms with Gasteiger partial charge in [-0.15, -0.1) is 13.2 Å². The zero-order valence-electron chi connectivity index (χ0n) is 10.1. The molecule has 0 aliphatic heterocycles. The standard InChI is InChI=1S/C10H6BrF6NO3/c1-20-5(19)2-4-3-18-8(11)7(21-10(15,16)17)6(4)9(12,13)14/h3H,2H2,1H3. The number of hydrogen-bond acceptors (Lipinski definition) is 4. The highest BCUT2D eigenvalue weighted by atomic mass is 79.9. The van der Waals surface area contributed by atoms with Crippen molar-refractivity contribution in [3.63, 3.8) is 0 Å². The lowest BCUT2D eigenvalue weighted by Crippen LogP contribution is -2.23. The zero-order valence-corrected chi connectivity index (χ0v) is 11.7. The third-order valence-electron chi connectivity index (χ3n) is 2.13. The fourth-order valence-electron chi connectivity index (χ4n) is 1.39. The molecule has 0 N–H and O–H groups in total. The van der Waals surface area contributed by atoms with E-state index in [4.69, 9.17) is 0 Å². The van der Waals surface area contributed by atoms with E-state index in [1.165, 1.54) is 0 Å². The minimum Gasteiger partial charge on any atom is -0.469 e. The molecular formula is C10H6BrF6NO3. The van der Waals surface area contributed by atoms with Crippen LogP contribution < -0.4 is 4.74 Å². The molecule has 0 radical (unpaired) electrons. The lowest BCUT2D eigenvalue weighted by molar-refractivity contribution is -0.276. The fourth-order valence-corrected chi connectivity index (χ4v) is 1.77. The molecule has 1 aromatic heterocycles. The number of esters is 1. The number of nitrogens with zero attached hydrogens (tertiary/aromatic N) is 1. The van der Waals surface area contributed by atoms with Gasteiger partial charge in [0, 0.05) is 6.20 Å². The van der Waals surface area contributed by atoms with Gasteiger partial charge in [-0.25, -0.2) is 4.98 Å². The molecular weight excluding hydrogens is 376 g/mol. The van der Waals surface area contributed by atoms with Crippen LogP contribution in [-0.2, 0) is 22.1 Å². The number of rotatable bonds is 3. The van der Waals surface area contributed by atoms with Gasteiger partial charge in [0.25, 0.3) is 0 Å². The van der Waals surface area contributed by atoms with Crippen LogP contribution in [0.3, 0.4) is 0 Å². The van der Waals surface area contributed by atoms with Crippen molar-refractivity contribution in [2.24, 2.45) is 0 Å². The van der Waals surface area contributed by atoms with E-state index in [2.05, 4.69) is 30.4 Å². The number of carbonyl (C=O) groups excluding carboxylic acids is 1. The number of alkyl halides is 6. The minimum atomic E-state index is -5.35. The second-order valence-electron chi connectivity index (χ2n) is 3.58. The largest absolute Gasteiger partial charge is 0.573 e. The summed E-state index contributed by atoms with van der Waals surface area (Å²) in [6.07, 6.45) is -10.8. The molecule has 1 heterocycles. The van der Waals surface area contributed by atoms with Gasteiger partial charge in [-0.3, -0.25) is 4.79 Å². The molecule has 1 rings (SSSR count). The van der Waals surface area contributed by atoms with Crippen molar-refractivity contribution < 1.29 is 40.6 Å². The first-order chi connectivity index (χ1) is 9.45. The normalized spacial score (nSPS) is 12.2. The van der Waals surface area contributed by atoms with Crippen LogP contribution in [0.1, 0.15) is 11.1 Å². The molecule has 0 aromatic carbocycles. The van der Waals surface area contributed by atoms with Crippen molar-refractivity contribution in [3.05, 3.63) is 21.9 Å². The van der Waals surface area contributed by atoms with E-state index in [9.17, 15) is 31.1 Å². The van der Waals surface area contributed by atoms with Gasteiger partial charge in [0.05, 0.1) is 13.5 Å². The van der Waals surface area contributed by atoms with E-state index in [-0.39, 0.29) is 0 Å². The Hall–Kier alpha value is -1.52. The van der Waals surface area contributed by atoms with Gasteiger partial charge in [0.15, 0.2) is 5.75 Å². The monoisotopic (exact) mass is 381 g/mol. The van der Waals surface area contributed by atoms with Gasteiger partial charge in [-0.1, -0.05) is 0 Å². The summed E-state index contributed by atoms with van der Waals surface area (Å²) in [5.41, 5.74) is -2.54. The number of ether oxygens (including phenoxy) is 2. The molecule has 0 aliphatic carbocycles. The zero-order chi connectivity index (χ0) is 16.4. The molecule has 0 unspecified atom stereocenters. The number of aromatic nitrogens is 1. The molecule has 0 bridgehead atoms. The van der Waals surface area contributed by atoms with Crippen LogP contribution in [0.25, 0.3) is 0 Å². The van der Waals surface area contributed by atoms with E-state index in [0.717, 1.165) is 7.11 Å². The molecule has 0 saturated heterocycles. The Balaban J connectivity index is 3.46. The molecule has 0 atom stereocenters. The molecule has 11 heteroatoms. The summed E-state index contributed by atoms with van der Waals surface area (Å²) in [5.74, 6) is -2.63. The maximum absolute atomic E-state index is 13.0. The predicted octanol–water partition coefficient (Wildman–Crippen LogP) is 3.48. The fraction of sp³-hybridized carbons (Fsp3) is 0.400. The Bertz CT molecular complexity index is 543. The first-order valence-electron chi connectivity index (χ1n) is 5.03. The predicted molar refractivity (Wildman–Crippen MR) is 59.3 cm³/mol. The Labute approximate surface area is 122 Å². The van der Waals surface area contributed by atoms with Crippen LogP contribution in [0.4, 0.5) is 26.3 Å². The molecule has 0 spiro atoms. The number of hydrogen-bond donors (Lipinski definition) is 0. The quantitative estimate of drug-likeness (QED) is 0.457. The third-order valence-corrected chi connectivity index (χ3v) is 2.70. The van der Waals surface area contributed by atoms with Gasteiger partial charge in [-0.05, 0) is 21.5 Å². The summed E-state index contributed by atoms with van der Waals surface area (Å²) in [5, 5.41) is 0. The highest BCUT2D eigenvalue weighted by Crippen LogP contribution is 2.43. The first kappa shape index (κ1) is 17.5. The van der Waals surface area contributed by atoms with Crippen LogP contribution in [0.5, 0.6) is 5.75 Å². The van der Waals surface area contributed by atoms with E-state index in [1.807, 2.05) is 0 Å². The van der Waals surface area contributed by atoms with Crippen LogP contribution in [0.15, 0.2) is 10.8 Å². The van der Waals surface area contributed by atoms with Crippen molar-refractivity contribution in [1.29, 1.82) is 0 Å². The van der Waals surface area contributed by atoms with Crippen LogP contribution in [0, 0.1) is 0 Å². The third kappa shape index (κ3) is 4.76.